The van der Waals surface area contributed by atoms with E-state index in [9.17, 15) is 0 Å². The van der Waals surface area contributed by atoms with Crippen LogP contribution in [0.2, 0.25) is 5.02 Å². The molecule has 1 fully saturated rings. The first kappa shape index (κ1) is 14.7. The van der Waals surface area contributed by atoms with E-state index >= 15 is 0 Å². The fraction of sp³-hybridized carbons (Fsp3) is 0.412. The van der Waals surface area contributed by atoms with Crippen LogP contribution in [0, 0.1) is 0 Å². The van der Waals surface area contributed by atoms with E-state index in [2.05, 4.69) is 15.5 Å². The van der Waals surface area contributed by atoms with Crippen molar-refractivity contribution in [2.75, 3.05) is 13.1 Å². The van der Waals surface area contributed by atoms with Crippen LogP contribution in [-0.2, 0) is 6.42 Å². The van der Waals surface area contributed by atoms with Crippen molar-refractivity contribution in [1.29, 1.82) is 0 Å². The van der Waals surface area contributed by atoms with Crippen molar-refractivity contribution < 1.29 is 9.47 Å². The number of halogens is 1. The Morgan fingerprint density at radius 2 is 2.04 bits per heavy atom. The van der Waals surface area contributed by atoms with Crippen LogP contribution in [0.15, 0.2) is 30.5 Å². The van der Waals surface area contributed by atoms with Crippen LogP contribution in [0.4, 0.5) is 0 Å². The van der Waals surface area contributed by atoms with Crippen molar-refractivity contribution in [2.45, 2.75) is 31.3 Å². The number of rotatable bonds is 2. The number of nitrogens with one attached hydrogen (secondary N) is 1. The smallest absolute Gasteiger partial charge is 0.240 e. The third kappa shape index (κ3) is 3.12. The minimum atomic E-state index is 0.0130. The molecule has 1 aromatic carbocycles. The summed E-state index contributed by atoms with van der Waals surface area (Å²) in [6.45, 7) is 2.06. The van der Waals surface area contributed by atoms with Crippen molar-refractivity contribution in [1.82, 2.24) is 15.5 Å². The Balaban J connectivity index is 1.53. The van der Waals surface area contributed by atoms with Gasteiger partial charge in [-0.25, -0.2) is 0 Å². The molecule has 2 aliphatic heterocycles. The van der Waals surface area contributed by atoms with Crippen LogP contribution in [0.3, 0.4) is 0 Å². The van der Waals surface area contributed by atoms with Crippen LogP contribution >= 0.6 is 11.6 Å². The van der Waals surface area contributed by atoms with Crippen LogP contribution in [-0.4, -0.2) is 28.9 Å². The van der Waals surface area contributed by atoms with Gasteiger partial charge in [-0.2, -0.15) is 5.10 Å². The summed E-state index contributed by atoms with van der Waals surface area (Å²) in [6, 6.07) is 7.56. The van der Waals surface area contributed by atoms with Gasteiger partial charge >= 0.3 is 0 Å². The van der Waals surface area contributed by atoms with Crippen molar-refractivity contribution in [2.24, 2.45) is 0 Å². The molecule has 1 N–H and O–H groups in total. The van der Waals surface area contributed by atoms with Gasteiger partial charge in [-0.1, -0.05) is 11.6 Å². The summed E-state index contributed by atoms with van der Waals surface area (Å²) in [5, 5.41) is 11.6. The van der Waals surface area contributed by atoms with Crippen LogP contribution < -0.4 is 14.8 Å². The van der Waals surface area contributed by atoms with E-state index in [1.54, 1.807) is 6.07 Å². The average molecular weight is 332 g/mol. The van der Waals surface area contributed by atoms with Gasteiger partial charge in [-0.05, 0) is 62.5 Å². The minimum Gasteiger partial charge on any atom is -0.487 e. The lowest BCUT2D eigenvalue weighted by atomic mass is 9.84. The van der Waals surface area contributed by atoms with Crippen LogP contribution in [0.25, 0.3) is 0 Å². The summed E-state index contributed by atoms with van der Waals surface area (Å²) in [4.78, 5) is 0. The Labute approximate surface area is 140 Å². The molecule has 5 nitrogen and oxygen atoms in total. The third-order valence-electron chi connectivity index (χ3n) is 4.54. The number of aryl methyl sites for hydroxylation is 1. The molecule has 3 heterocycles. The molecule has 1 spiro atoms. The van der Waals surface area contributed by atoms with E-state index in [0.717, 1.165) is 50.3 Å². The van der Waals surface area contributed by atoms with Crippen molar-refractivity contribution >= 4 is 11.6 Å². The van der Waals surface area contributed by atoms with E-state index in [-0.39, 0.29) is 5.60 Å². The highest BCUT2D eigenvalue weighted by Crippen LogP contribution is 2.40. The Morgan fingerprint density at radius 3 is 2.87 bits per heavy atom. The highest BCUT2D eigenvalue weighted by atomic mass is 35.5. The van der Waals surface area contributed by atoms with Gasteiger partial charge < -0.3 is 14.8 Å². The van der Waals surface area contributed by atoms with E-state index in [4.69, 9.17) is 21.1 Å². The van der Waals surface area contributed by atoms with Gasteiger partial charge in [0.1, 0.15) is 17.1 Å². The molecule has 0 aliphatic carbocycles. The van der Waals surface area contributed by atoms with E-state index in [0.29, 0.717) is 10.9 Å². The monoisotopic (exact) mass is 331 g/mol. The van der Waals surface area contributed by atoms with Gasteiger partial charge in [0.05, 0.1) is 11.2 Å². The minimum absolute atomic E-state index is 0.0130. The first-order chi connectivity index (χ1) is 11.2. The van der Waals surface area contributed by atoms with Gasteiger partial charge in [0.25, 0.3) is 0 Å². The molecule has 0 unspecified atom stereocenters. The molecule has 0 bridgehead atoms. The number of aromatic nitrogens is 2. The topological polar surface area (TPSA) is 56.3 Å². The van der Waals surface area contributed by atoms with E-state index in [1.165, 1.54) is 11.8 Å². The maximum absolute atomic E-state index is 6.34. The second-order valence-electron chi connectivity index (χ2n) is 6.12. The lowest BCUT2D eigenvalue weighted by Crippen LogP contribution is -2.48. The summed E-state index contributed by atoms with van der Waals surface area (Å²) in [7, 11) is 0. The van der Waals surface area contributed by atoms with Crippen molar-refractivity contribution in [3.8, 4) is 17.4 Å². The summed E-state index contributed by atoms with van der Waals surface area (Å²) in [5.74, 6) is 2.09. The molecule has 0 atom stereocenters. The lowest BCUT2D eigenvalue weighted by Gasteiger charge is -2.41. The zero-order chi connectivity index (χ0) is 15.7. The highest BCUT2D eigenvalue weighted by molar-refractivity contribution is 6.30. The van der Waals surface area contributed by atoms with Gasteiger partial charge in [0.15, 0.2) is 0 Å². The van der Waals surface area contributed by atoms with Crippen LogP contribution in [0.1, 0.15) is 24.8 Å². The Morgan fingerprint density at radius 1 is 1.17 bits per heavy atom. The molecule has 1 aromatic heterocycles. The Kier molecular flexibility index (Phi) is 3.83. The molecule has 120 valence electrons. The van der Waals surface area contributed by atoms with Gasteiger partial charge in [-0.15, -0.1) is 5.10 Å². The average Bonchev–Trinajstić information content (AvgIpc) is 2.56. The molecule has 0 saturated carbocycles. The molecular weight excluding hydrogens is 314 g/mol. The number of fused-ring (bicyclic) bond motifs is 1. The van der Waals surface area contributed by atoms with Gasteiger partial charge in [0, 0.05) is 6.07 Å². The first-order valence-corrected chi connectivity index (χ1v) is 8.29. The molecule has 0 radical (unpaired) electrons. The zero-order valence-corrected chi connectivity index (χ0v) is 13.5. The number of benzene rings is 1. The SMILES string of the molecule is Clc1cnnc(Oc2ccc3c(c2)CCC2(CCNCC2)O3)c1. The standard InChI is InChI=1S/C17H18ClN3O2/c18-13-10-16(21-20-11-13)22-14-1-2-15-12(9-14)3-4-17(23-15)5-7-19-8-6-17/h1-2,9-11,19H,3-8H2. The summed E-state index contributed by atoms with van der Waals surface area (Å²) in [5.41, 5.74) is 1.20. The Hall–Kier alpha value is -1.85. The molecule has 2 aromatic rings. The Bertz CT molecular complexity index is 717. The maximum atomic E-state index is 6.34. The fourth-order valence-electron chi connectivity index (χ4n) is 3.29. The normalized spacial score (nSPS) is 19.0. The van der Waals surface area contributed by atoms with Crippen LogP contribution in [0.5, 0.6) is 17.4 Å². The molecule has 4 rings (SSSR count). The molecule has 0 amide bonds. The lowest BCUT2D eigenvalue weighted by molar-refractivity contribution is 0.0169. The molecule has 1 saturated heterocycles. The highest BCUT2D eigenvalue weighted by Gasteiger charge is 2.37. The number of ether oxygens (including phenoxy) is 2. The summed E-state index contributed by atoms with van der Waals surface area (Å²) in [6.07, 6.45) is 5.69. The number of nitrogens with zero attached hydrogens (tertiary/aromatic N) is 2. The molecule has 23 heavy (non-hydrogen) atoms. The van der Waals surface area contributed by atoms with E-state index in [1.807, 2.05) is 18.2 Å². The van der Waals surface area contributed by atoms with Gasteiger partial charge in [0.2, 0.25) is 5.88 Å². The first-order valence-electron chi connectivity index (χ1n) is 7.91. The molecule has 6 heteroatoms. The third-order valence-corrected chi connectivity index (χ3v) is 4.75. The molecular formula is C17H18ClN3O2. The number of piperidine rings is 1. The quantitative estimate of drug-likeness (QED) is 0.914. The fourth-order valence-corrected chi connectivity index (χ4v) is 3.43. The van der Waals surface area contributed by atoms with Crippen molar-refractivity contribution in [3.63, 3.8) is 0 Å². The predicted molar refractivity (Wildman–Crippen MR) is 87.3 cm³/mol. The summed E-state index contributed by atoms with van der Waals surface area (Å²) >= 11 is 5.90. The predicted octanol–water partition coefficient (Wildman–Crippen LogP) is 3.37. The second-order valence-corrected chi connectivity index (χ2v) is 6.56. The largest absolute Gasteiger partial charge is 0.487 e. The maximum Gasteiger partial charge on any atom is 0.240 e. The zero-order valence-electron chi connectivity index (χ0n) is 12.7. The second kappa shape index (κ2) is 5.98. The number of hydrogen-bond donors (Lipinski definition) is 1. The number of hydrogen-bond acceptors (Lipinski definition) is 5. The summed E-state index contributed by atoms with van der Waals surface area (Å²) < 4.78 is 12.1. The molecule has 2 aliphatic rings. The van der Waals surface area contributed by atoms with Crippen molar-refractivity contribution in [3.05, 3.63) is 41.0 Å². The van der Waals surface area contributed by atoms with E-state index < -0.39 is 0 Å². The van der Waals surface area contributed by atoms with Gasteiger partial charge in [-0.3, -0.25) is 0 Å².